The van der Waals surface area contributed by atoms with E-state index in [0.29, 0.717) is 30.1 Å². The fourth-order valence-corrected chi connectivity index (χ4v) is 4.12. The number of halogens is 1. The molecule has 0 saturated carbocycles. The Labute approximate surface area is 157 Å². The Bertz CT molecular complexity index is 890. The number of benzene rings is 2. The van der Waals surface area contributed by atoms with Gasteiger partial charge >= 0.3 is 5.97 Å². The number of likely N-dealkylation sites (tertiary alicyclic amines) is 1. The molecule has 0 aromatic heterocycles. The molecule has 1 fully saturated rings. The van der Waals surface area contributed by atoms with Crippen molar-refractivity contribution in [3.05, 3.63) is 70.2 Å². The number of hydrogen-bond acceptors (Lipinski definition) is 3. The van der Waals surface area contributed by atoms with Crippen LogP contribution in [0.5, 0.6) is 0 Å². The minimum atomic E-state index is -0.709. The molecule has 4 rings (SSSR count). The molecule has 0 bridgehead atoms. The number of amides is 1. The van der Waals surface area contributed by atoms with Gasteiger partial charge in [-0.1, -0.05) is 41.9 Å². The van der Waals surface area contributed by atoms with Gasteiger partial charge in [-0.25, -0.2) is 4.79 Å². The fourth-order valence-electron chi connectivity index (χ4n) is 3.99. The zero-order valence-corrected chi connectivity index (χ0v) is 15.5. The van der Waals surface area contributed by atoms with Crippen LogP contribution >= 0.6 is 11.6 Å². The lowest BCUT2D eigenvalue weighted by Crippen LogP contribution is -2.44. The molecule has 1 atom stereocenters. The van der Waals surface area contributed by atoms with Crippen molar-refractivity contribution in [3.8, 4) is 0 Å². The van der Waals surface area contributed by atoms with E-state index in [9.17, 15) is 9.59 Å². The second kappa shape index (κ2) is 5.85. The average molecular weight is 370 g/mol. The highest BCUT2D eigenvalue weighted by molar-refractivity contribution is 6.30. The first-order chi connectivity index (χ1) is 12.3. The lowest BCUT2D eigenvalue weighted by atomic mass is 9.83. The molecule has 2 aliphatic rings. The number of hydrogen-bond donors (Lipinski definition) is 0. The topological polar surface area (TPSA) is 46.6 Å². The predicted molar refractivity (Wildman–Crippen MR) is 99.2 cm³/mol. The van der Waals surface area contributed by atoms with Crippen molar-refractivity contribution in [2.45, 2.75) is 31.3 Å². The second-order valence-electron chi connectivity index (χ2n) is 7.54. The molecular formula is C21H20ClNO3. The summed E-state index contributed by atoms with van der Waals surface area (Å²) in [7, 11) is 0. The van der Waals surface area contributed by atoms with Crippen LogP contribution in [0.25, 0.3) is 0 Å². The third-order valence-electron chi connectivity index (χ3n) is 5.55. The van der Waals surface area contributed by atoms with Gasteiger partial charge < -0.3 is 9.64 Å². The van der Waals surface area contributed by atoms with E-state index in [0.717, 1.165) is 11.1 Å². The summed E-state index contributed by atoms with van der Waals surface area (Å²) >= 11 is 5.97. The summed E-state index contributed by atoms with van der Waals surface area (Å²) in [6, 6.07) is 14.8. The maximum absolute atomic E-state index is 13.2. The Morgan fingerprint density at radius 1 is 1.15 bits per heavy atom. The summed E-state index contributed by atoms with van der Waals surface area (Å²) < 4.78 is 5.74. The van der Waals surface area contributed by atoms with E-state index in [4.69, 9.17) is 16.3 Å². The van der Waals surface area contributed by atoms with Gasteiger partial charge in [0.15, 0.2) is 5.60 Å². The molecule has 1 amide bonds. The monoisotopic (exact) mass is 369 g/mol. The molecule has 1 spiro atoms. The molecule has 26 heavy (non-hydrogen) atoms. The largest absolute Gasteiger partial charge is 0.449 e. The Kier molecular flexibility index (Phi) is 3.85. The van der Waals surface area contributed by atoms with Crippen LogP contribution in [0.1, 0.15) is 41.8 Å². The number of carbonyl (C=O) groups is 2. The van der Waals surface area contributed by atoms with Crippen LogP contribution in [0.3, 0.4) is 0 Å². The highest BCUT2D eigenvalue weighted by atomic mass is 35.5. The number of rotatable bonds is 2. The molecule has 5 heteroatoms. The molecule has 2 heterocycles. The number of fused-ring (bicyclic) bond motifs is 2. The molecule has 2 aromatic rings. The van der Waals surface area contributed by atoms with Crippen LogP contribution in [0, 0.1) is 0 Å². The maximum Gasteiger partial charge on any atom is 0.339 e. The summed E-state index contributed by atoms with van der Waals surface area (Å²) in [5, 5.41) is 0.645. The van der Waals surface area contributed by atoms with Crippen molar-refractivity contribution < 1.29 is 14.3 Å². The summed E-state index contributed by atoms with van der Waals surface area (Å²) in [5.41, 5.74) is 1.03. The predicted octanol–water partition coefficient (Wildman–Crippen LogP) is 3.92. The lowest BCUT2D eigenvalue weighted by Gasteiger charge is -2.31. The smallest absolute Gasteiger partial charge is 0.339 e. The summed E-state index contributed by atoms with van der Waals surface area (Å²) in [6.45, 7) is 4.79. The quantitative estimate of drug-likeness (QED) is 0.754. The third kappa shape index (κ3) is 2.52. The molecule has 2 aromatic carbocycles. The van der Waals surface area contributed by atoms with Crippen molar-refractivity contribution in [2.24, 2.45) is 0 Å². The third-order valence-corrected chi connectivity index (χ3v) is 5.80. The van der Waals surface area contributed by atoms with E-state index >= 15 is 0 Å². The SMILES string of the molecule is CC(C)(C(=O)N1CCC2(C1)OC(=O)c1ccccc12)c1ccc(Cl)cc1. The van der Waals surface area contributed by atoms with E-state index in [2.05, 4.69) is 0 Å². The van der Waals surface area contributed by atoms with E-state index < -0.39 is 11.0 Å². The van der Waals surface area contributed by atoms with Gasteiger partial charge in [0.05, 0.1) is 17.5 Å². The standard InChI is InChI=1S/C21H20ClNO3/c1-20(2,14-7-9-15(22)10-8-14)19(25)23-12-11-21(13-23)17-6-4-3-5-16(17)18(24)26-21/h3-10H,11-13H2,1-2H3. The molecule has 2 aliphatic heterocycles. The fraction of sp³-hybridized carbons (Fsp3) is 0.333. The van der Waals surface area contributed by atoms with Gasteiger partial charge in [-0.15, -0.1) is 0 Å². The summed E-state index contributed by atoms with van der Waals surface area (Å²) in [6.07, 6.45) is 0.623. The van der Waals surface area contributed by atoms with E-state index in [-0.39, 0.29) is 11.9 Å². The molecular weight excluding hydrogens is 350 g/mol. The Morgan fingerprint density at radius 2 is 1.85 bits per heavy atom. The van der Waals surface area contributed by atoms with Gasteiger partial charge in [-0.05, 0) is 37.6 Å². The Hall–Kier alpha value is -2.33. The number of nitrogens with zero attached hydrogens (tertiary/aromatic N) is 1. The van der Waals surface area contributed by atoms with Crippen LogP contribution in [-0.4, -0.2) is 29.9 Å². The first-order valence-corrected chi connectivity index (χ1v) is 9.10. The number of carbonyl (C=O) groups excluding carboxylic acids is 2. The first-order valence-electron chi connectivity index (χ1n) is 8.72. The number of esters is 1. The maximum atomic E-state index is 13.2. The molecule has 0 radical (unpaired) electrons. The zero-order chi connectivity index (χ0) is 18.5. The van der Waals surface area contributed by atoms with Gasteiger partial charge in [-0.2, -0.15) is 0 Å². The second-order valence-corrected chi connectivity index (χ2v) is 7.97. The van der Waals surface area contributed by atoms with Crippen LogP contribution < -0.4 is 0 Å². The van der Waals surface area contributed by atoms with Crippen molar-refractivity contribution >= 4 is 23.5 Å². The highest BCUT2D eigenvalue weighted by Crippen LogP contribution is 2.44. The van der Waals surface area contributed by atoms with Crippen LogP contribution in [0.4, 0.5) is 0 Å². The zero-order valence-electron chi connectivity index (χ0n) is 14.8. The van der Waals surface area contributed by atoms with Crippen LogP contribution in [0.15, 0.2) is 48.5 Å². The summed E-state index contributed by atoms with van der Waals surface area (Å²) in [4.78, 5) is 27.3. The minimum Gasteiger partial charge on any atom is -0.449 e. The lowest BCUT2D eigenvalue weighted by molar-refractivity contribution is -0.136. The van der Waals surface area contributed by atoms with Crippen LogP contribution in [0.2, 0.25) is 5.02 Å². The average Bonchev–Trinajstić information content (AvgIpc) is 3.17. The minimum absolute atomic E-state index is 0.0251. The van der Waals surface area contributed by atoms with Crippen molar-refractivity contribution in [1.29, 1.82) is 0 Å². The van der Waals surface area contributed by atoms with Gasteiger partial charge in [-0.3, -0.25) is 4.79 Å². The van der Waals surface area contributed by atoms with E-state index in [1.54, 1.807) is 18.2 Å². The van der Waals surface area contributed by atoms with Crippen molar-refractivity contribution in [2.75, 3.05) is 13.1 Å². The van der Waals surface area contributed by atoms with Crippen LogP contribution in [-0.2, 0) is 20.5 Å². The van der Waals surface area contributed by atoms with Gasteiger partial charge in [0.1, 0.15) is 0 Å². The molecule has 0 N–H and O–H groups in total. The van der Waals surface area contributed by atoms with Crippen molar-refractivity contribution in [1.82, 2.24) is 4.90 Å². The molecule has 1 saturated heterocycles. The molecule has 4 nitrogen and oxygen atoms in total. The normalized spacial score (nSPS) is 21.8. The van der Waals surface area contributed by atoms with Gasteiger partial charge in [0.25, 0.3) is 0 Å². The van der Waals surface area contributed by atoms with Gasteiger partial charge in [0, 0.05) is 23.6 Å². The number of ether oxygens (including phenoxy) is 1. The van der Waals surface area contributed by atoms with Gasteiger partial charge in [0.2, 0.25) is 5.91 Å². The Balaban J connectivity index is 1.60. The first kappa shape index (κ1) is 17.1. The molecule has 134 valence electrons. The molecule has 1 unspecified atom stereocenters. The highest BCUT2D eigenvalue weighted by Gasteiger charge is 2.52. The Morgan fingerprint density at radius 3 is 2.58 bits per heavy atom. The molecule has 0 aliphatic carbocycles. The summed E-state index contributed by atoms with van der Waals surface area (Å²) in [5.74, 6) is -0.274. The van der Waals surface area contributed by atoms with E-state index in [1.165, 1.54) is 0 Å². The van der Waals surface area contributed by atoms with E-state index in [1.807, 2.05) is 49.1 Å². The van der Waals surface area contributed by atoms with Crippen molar-refractivity contribution in [3.63, 3.8) is 0 Å².